The normalized spacial score (nSPS) is 16.6. The summed E-state index contributed by atoms with van der Waals surface area (Å²) in [5.41, 5.74) is 1.71. The number of nitrogens with two attached hydrogens (primary N) is 1. The molecule has 1 aromatic carbocycles. The number of nitrogens with one attached hydrogen (secondary N) is 1. The zero-order valence-electron chi connectivity index (χ0n) is 18.9. The molecule has 0 radical (unpaired) electrons. The van der Waals surface area contributed by atoms with Crippen LogP contribution in [-0.4, -0.2) is 65.2 Å². The first-order valence-electron chi connectivity index (χ1n) is 10.0. The van der Waals surface area contributed by atoms with Crippen LogP contribution >= 0.6 is 11.6 Å². The van der Waals surface area contributed by atoms with Gasteiger partial charge in [-0.3, -0.25) is 0 Å². The third-order valence-electron chi connectivity index (χ3n) is 4.99. The fourth-order valence-electron chi connectivity index (χ4n) is 3.36. The van der Waals surface area contributed by atoms with Crippen molar-refractivity contribution < 1.29 is 32.2 Å². The highest BCUT2D eigenvalue weighted by molar-refractivity contribution is 7.86. The number of likely N-dealkylation sites (N-methyl/N-ethyl adjacent to an activating group) is 1. The summed E-state index contributed by atoms with van der Waals surface area (Å²) in [7, 11) is -1.27. The van der Waals surface area contributed by atoms with E-state index in [4.69, 9.17) is 31.0 Å². The minimum Gasteiger partial charge on any atom is -0.466 e. The van der Waals surface area contributed by atoms with Gasteiger partial charge in [0, 0.05) is 24.3 Å². The lowest BCUT2D eigenvalue weighted by Gasteiger charge is -2.31. The van der Waals surface area contributed by atoms with E-state index < -0.39 is 28.1 Å². The molecule has 2 rings (SSSR count). The van der Waals surface area contributed by atoms with Crippen LogP contribution in [-0.2, 0) is 34.0 Å². The highest BCUT2D eigenvalue weighted by Crippen LogP contribution is 2.41. The van der Waals surface area contributed by atoms with Gasteiger partial charge in [-0.1, -0.05) is 29.8 Å². The average Bonchev–Trinajstić information content (AvgIpc) is 2.75. The summed E-state index contributed by atoms with van der Waals surface area (Å²) in [5, 5.41) is 8.47. The number of allylic oxidation sites excluding steroid dienone is 1. The molecule has 182 valence electrons. The van der Waals surface area contributed by atoms with Gasteiger partial charge < -0.3 is 19.5 Å². The Kier molecular flexibility index (Phi) is 9.44. The smallest absolute Gasteiger partial charge is 0.336 e. The molecule has 1 aliphatic heterocycles. The summed E-state index contributed by atoms with van der Waals surface area (Å²) in [6.45, 7) is 3.39. The van der Waals surface area contributed by atoms with Crippen molar-refractivity contribution >= 4 is 33.7 Å². The maximum Gasteiger partial charge on any atom is 0.336 e. The molecular weight excluding hydrogens is 474 g/mol. The van der Waals surface area contributed by atoms with Crippen molar-refractivity contribution in [3.8, 4) is 0 Å². The summed E-state index contributed by atoms with van der Waals surface area (Å²) in [4.78, 5) is 25.7. The van der Waals surface area contributed by atoms with E-state index in [1.807, 2.05) is 0 Å². The van der Waals surface area contributed by atoms with Gasteiger partial charge in [0.1, 0.15) is 0 Å². The first-order valence-corrected chi connectivity index (χ1v) is 11.9. The number of carbonyl (C=O) groups excluding carboxylic acids is 2. The molecule has 12 heteroatoms. The average molecular weight is 502 g/mol. The lowest BCUT2D eigenvalue weighted by Crippen LogP contribution is -2.37. The molecule has 1 unspecified atom stereocenters. The van der Waals surface area contributed by atoms with Crippen LogP contribution in [0.5, 0.6) is 0 Å². The first-order chi connectivity index (χ1) is 15.5. The van der Waals surface area contributed by atoms with Gasteiger partial charge in [0.05, 0.1) is 49.7 Å². The highest BCUT2D eigenvalue weighted by Gasteiger charge is 2.39. The maximum absolute atomic E-state index is 13.0. The Balaban J connectivity index is 2.49. The molecule has 10 nitrogen and oxygen atoms in total. The van der Waals surface area contributed by atoms with Crippen molar-refractivity contribution in [2.24, 2.45) is 5.14 Å². The van der Waals surface area contributed by atoms with Gasteiger partial charge in [0.25, 0.3) is 10.2 Å². The lowest BCUT2D eigenvalue weighted by molar-refractivity contribution is -0.139. The number of esters is 2. The van der Waals surface area contributed by atoms with Crippen LogP contribution in [0, 0.1) is 0 Å². The molecule has 0 spiro atoms. The summed E-state index contributed by atoms with van der Waals surface area (Å²) < 4.78 is 39.5. The Bertz CT molecular complexity index is 1070. The predicted molar refractivity (Wildman–Crippen MR) is 122 cm³/mol. The van der Waals surface area contributed by atoms with Gasteiger partial charge in [-0.05, 0) is 25.5 Å². The molecule has 1 aromatic rings. The molecule has 1 aliphatic rings. The second-order valence-electron chi connectivity index (χ2n) is 7.14. The summed E-state index contributed by atoms with van der Waals surface area (Å²) in [6, 6.07) is 6.86. The van der Waals surface area contributed by atoms with E-state index >= 15 is 0 Å². The van der Waals surface area contributed by atoms with Crippen LogP contribution in [0.4, 0.5) is 0 Å². The number of methoxy groups -OCH3 is 1. The minimum atomic E-state index is -3.84. The van der Waals surface area contributed by atoms with Crippen molar-refractivity contribution in [1.82, 2.24) is 9.62 Å². The molecule has 33 heavy (non-hydrogen) atoms. The molecule has 0 aromatic heterocycles. The predicted octanol–water partition coefficient (Wildman–Crippen LogP) is 1.44. The van der Waals surface area contributed by atoms with E-state index in [-0.39, 0.29) is 37.5 Å². The molecule has 1 atom stereocenters. The van der Waals surface area contributed by atoms with E-state index in [2.05, 4.69) is 5.32 Å². The summed E-state index contributed by atoms with van der Waals surface area (Å²) in [5.74, 6) is -2.14. The number of hydrogen-bond acceptors (Lipinski definition) is 8. The van der Waals surface area contributed by atoms with E-state index in [9.17, 15) is 18.0 Å². The van der Waals surface area contributed by atoms with Crippen LogP contribution in [0.2, 0.25) is 5.02 Å². The zero-order chi connectivity index (χ0) is 24.8. The second-order valence-corrected chi connectivity index (χ2v) is 9.20. The van der Waals surface area contributed by atoms with Gasteiger partial charge in [-0.15, -0.1) is 0 Å². The zero-order valence-corrected chi connectivity index (χ0v) is 20.5. The van der Waals surface area contributed by atoms with Crippen molar-refractivity contribution in [2.75, 3.05) is 40.5 Å². The minimum absolute atomic E-state index is 0.0109. The monoisotopic (exact) mass is 501 g/mol. The number of halogens is 1. The van der Waals surface area contributed by atoms with Gasteiger partial charge in [0.2, 0.25) is 0 Å². The fourth-order valence-corrected chi connectivity index (χ4v) is 3.93. The molecular formula is C21H28ClN3O7S. The SMILES string of the molecule is CCOC(=O)C1=C(COCCN(C)S(N)(=O)=O)NC(C)=C(C(=O)OC)C1c1ccccc1Cl. The third kappa shape index (κ3) is 6.55. The van der Waals surface area contributed by atoms with Gasteiger partial charge >= 0.3 is 11.9 Å². The van der Waals surface area contributed by atoms with Crippen LogP contribution in [0.3, 0.4) is 0 Å². The van der Waals surface area contributed by atoms with Gasteiger partial charge in [-0.25, -0.2) is 14.7 Å². The quantitative estimate of drug-likeness (QED) is 0.363. The fraction of sp³-hybridized carbons (Fsp3) is 0.429. The topological polar surface area (TPSA) is 137 Å². The van der Waals surface area contributed by atoms with E-state index in [0.29, 0.717) is 22.0 Å². The van der Waals surface area contributed by atoms with Crippen LogP contribution in [0.1, 0.15) is 25.3 Å². The first kappa shape index (κ1) is 26.8. The largest absolute Gasteiger partial charge is 0.466 e. The molecule has 0 saturated heterocycles. The molecule has 0 fully saturated rings. The van der Waals surface area contributed by atoms with Crippen LogP contribution in [0.15, 0.2) is 46.8 Å². The highest BCUT2D eigenvalue weighted by atomic mass is 35.5. The Hall–Kier alpha value is -2.44. The lowest BCUT2D eigenvalue weighted by atomic mass is 9.80. The molecule has 1 heterocycles. The standard InChI is InChI=1S/C21H28ClN3O7S/c1-5-32-21(27)19-16(12-31-11-10-25(3)33(23,28)29)24-13(2)17(20(26)30-4)18(19)14-8-6-7-9-15(14)22/h6-9,18,24H,5,10-12H2,1-4H3,(H2,23,28,29). The van der Waals surface area contributed by atoms with Gasteiger partial charge in [-0.2, -0.15) is 12.7 Å². The molecule has 0 saturated carbocycles. The Morgan fingerprint density at radius 3 is 2.45 bits per heavy atom. The van der Waals surface area contributed by atoms with Crippen molar-refractivity contribution in [3.63, 3.8) is 0 Å². The molecule has 0 bridgehead atoms. The number of carbonyl (C=O) groups is 2. The molecule has 0 aliphatic carbocycles. The molecule has 3 N–H and O–H groups in total. The van der Waals surface area contributed by atoms with Crippen molar-refractivity contribution in [2.45, 2.75) is 19.8 Å². The van der Waals surface area contributed by atoms with E-state index in [1.165, 1.54) is 14.2 Å². The van der Waals surface area contributed by atoms with E-state index in [0.717, 1.165) is 4.31 Å². The molecule has 0 amide bonds. The Morgan fingerprint density at radius 1 is 1.21 bits per heavy atom. The van der Waals surface area contributed by atoms with Crippen molar-refractivity contribution in [1.29, 1.82) is 0 Å². The summed E-state index contributed by atoms with van der Waals surface area (Å²) in [6.07, 6.45) is 0. The number of dihydropyridines is 1. The van der Waals surface area contributed by atoms with E-state index in [1.54, 1.807) is 38.1 Å². The van der Waals surface area contributed by atoms with Crippen LogP contribution in [0.25, 0.3) is 0 Å². The Morgan fingerprint density at radius 2 is 1.88 bits per heavy atom. The maximum atomic E-state index is 13.0. The second kappa shape index (κ2) is 11.6. The Labute approximate surface area is 198 Å². The van der Waals surface area contributed by atoms with Gasteiger partial charge in [0.15, 0.2) is 0 Å². The number of rotatable bonds is 10. The number of hydrogen-bond donors (Lipinski definition) is 2. The third-order valence-corrected chi connectivity index (χ3v) is 6.39. The number of ether oxygens (including phenoxy) is 3. The van der Waals surface area contributed by atoms with Crippen molar-refractivity contribution in [3.05, 3.63) is 57.4 Å². The number of benzene rings is 1. The number of nitrogens with zero attached hydrogens (tertiary/aromatic N) is 1. The van der Waals surface area contributed by atoms with Crippen LogP contribution < -0.4 is 10.5 Å². The summed E-state index contributed by atoms with van der Waals surface area (Å²) >= 11 is 6.44.